The summed E-state index contributed by atoms with van der Waals surface area (Å²) in [4.78, 5) is 13.2. The molecule has 158 valence electrons. The van der Waals surface area contributed by atoms with Crippen molar-refractivity contribution in [2.75, 3.05) is 40.6 Å². The first kappa shape index (κ1) is 23.3. The van der Waals surface area contributed by atoms with Crippen molar-refractivity contribution in [2.24, 2.45) is 0 Å². The minimum absolute atomic E-state index is 0.0338. The molecule has 0 amide bonds. The van der Waals surface area contributed by atoms with Crippen molar-refractivity contribution < 1.29 is 23.7 Å². The van der Waals surface area contributed by atoms with Crippen molar-refractivity contribution in [1.29, 1.82) is 0 Å². The van der Waals surface area contributed by atoms with Gasteiger partial charge in [-0.25, -0.2) is 0 Å². The molecule has 0 aromatic heterocycles. The number of hydrogen-bond acceptors (Lipinski definition) is 5. The number of benzene rings is 2. The lowest BCUT2D eigenvalue weighted by Gasteiger charge is -2.16. The number of aryl methyl sites for hydroxylation is 2. The second-order valence-corrected chi connectivity index (χ2v) is 8.17. The maximum absolute atomic E-state index is 13.2. The van der Waals surface area contributed by atoms with Crippen molar-refractivity contribution in [3.05, 3.63) is 52.1 Å². The topological polar surface area (TPSA) is 54.0 Å². The van der Waals surface area contributed by atoms with Crippen LogP contribution in [0.1, 0.15) is 32.6 Å². The third-order valence-corrected chi connectivity index (χ3v) is 6.05. The number of carbonyl (C=O) groups excluding carboxylic acids is 1. The fourth-order valence-electron chi connectivity index (χ4n) is 3.11. The molecule has 0 saturated heterocycles. The molecular formula is C23H31O5P. The molecule has 29 heavy (non-hydrogen) atoms. The molecule has 0 fully saturated rings. The monoisotopic (exact) mass is 418 g/mol. The molecular weight excluding hydrogens is 387 g/mol. The highest BCUT2D eigenvalue weighted by Gasteiger charge is 2.18. The fraction of sp³-hybridized carbons (Fsp3) is 0.435. The molecule has 0 radical (unpaired) electrons. The highest BCUT2D eigenvalue weighted by molar-refractivity contribution is 7.66. The minimum atomic E-state index is -0.0338. The number of methoxy groups -OCH3 is 2. The Hall–Kier alpha value is -1.94. The SMILES string of the molecule is COCCOc1ccc(PC(=O)c2c(C)cc(C)c(C)c2C)c(OCCOC)c1. The van der Waals surface area contributed by atoms with Crippen LogP contribution in [-0.4, -0.2) is 46.2 Å². The number of carbonyl (C=O) groups is 1. The van der Waals surface area contributed by atoms with E-state index < -0.39 is 0 Å². The van der Waals surface area contributed by atoms with Crippen molar-refractivity contribution in [3.63, 3.8) is 0 Å². The van der Waals surface area contributed by atoms with Crippen LogP contribution in [0.2, 0.25) is 0 Å². The van der Waals surface area contributed by atoms with Crippen molar-refractivity contribution >= 4 is 19.4 Å². The molecule has 0 bridgehead atoms. The van der Waals surface area contributed by atoms with E-state index in [0.29, 0.717) is 37.9 Å². The van der Waals surface area contributed by atoms with Crippen LogP contribution >= 0.6 is 8.58 Å². The van der Waals surface area contributed by atoms with Gasteiger partial charge in [0.2, 0.25) is 0 Å². The van der Waals surface area contributed by atoms with Crippen molar-refractivity contribution in [3.8, 4) is 11.5 Å². The summed E-state index contributed by atoms with van der Waals surface area (Å²) in [5, 5.41) is 0.863. The Morgan fingerprint density at radius 1 is 0.828 bits per heavy atom. The Kier molecular flexibility index (Phi) is 9.09. The van der Waals surface area contributed by atoms with E-state index in [-0.39, 0.29) is 14.1 Å². The zero-order valence-electron chi connectivity index (χ0n) is 18.2. The summed E-state index contributed by atoms with van der Waals surface area (Å²) in [6.45, 7) is 10.0. The van der Waals surface area contributed by atoms with Crippen LogP contribution in [0.3, 0.4) is 0 Å². The van der Waals surface area contributed by atoms with E-state index in [0.717, 1.165) is 22.0 Å². The third kappa shape index (κ3) is 6.27. The summed E-state index contributed by atoms with van der Waals surface area (Å²) in [5.41, 5.74) is 5.39. The third-order valence-electron chi connectivity index (χ3n) is 4.89. The van der Waals surface area contributed by atoms with Gasteiger partial charge >= 0.3 is 0 Å². The van der Waals surface area contributed by atoms with E-state index >= 15 is 0 Å². The maximum Gasteiger partial charge on any atom is 0.186 e. The van der Waals surface area contributed by atoms with Crippen LogP contribution in [0.5, 0.6) is 11.5 Å². The van der Waals surface area contributed by atoms with Crippen LogP contribution in [0.25, 0.3) is 0 Å². The molecule has 5 nitrogen and oxygen atoms in total. The lowest BCUT2D eigenvalue weighted by Crippen LogP contribution is -2.13. The number of rotatable bonds is 11. The van der Waals surface area contributed by atoms with E-state index in [4.69, 9.17) is 18.9 Å². The van der Waals surface area contributed by atoms with Crippen LogP contribution in [-0.2, 0) is 9.47 Å². The summed E-state index contributed by atoms with van der Waals surface area (Å²) in [6.07, 6.45) is 0. The van der Waals surface area contributed by atoms with Gasteiger partial charge in [0.1, 0.15) is 24.7 Å². The fourth-order valence-corrected chi connectivity index (χ4v) is 4.30. The molecule has 0 saturated carbocycles. The molecule has 0 aliphatic carbocycles. The maximum atomic E-state index is 13.2. The Balaban J connectivity index is 2.28. The highest BCUT2D eigenvalue weighted by Crippen LogP contribution is 2.31. The zero-order chi connectivity index (χ0) is 21.4. The van der Waals surface area contributed by atoms with Gasteiger partial charge in [-0.05, 0) is 70.7 Å². The van der Waals surface area contributed by atoms with Crippen LogP contribution in [0, 0.1) is 27.7 Å². The van der Waals surface area contributed by atoms with E-state index in [9.17, 15) is 4.79 Å². The molecule has 0 heterocycles. The Morgan fingerprint density at radius 2 is 1.48 bits per heavy atom. The molecule has 0 N–H and O–H groups in total. The van der Waals surface area contributed by atoms with Crippen LogP contribution in [0.15, 0.2) is 24.3 Å². The zero-order valence-corrected chi connectivity index (χ0v) is 19.2. The van der Waals surface area contributed by atoms with Gasteiger partial charge in [0.15, 0.2) is 5.52 Å². The lowest BCUT2D eigenvalue weighted by atomic mass is 9.95. The lowest BCUT2D eigenvalue weighted by molar-refractivity contribution is 0.108. The minimum Gasteiger partial charge on any atom is -0.491 e. The average molecular weight is 418 g/mol. The van der Waals surface area contributed by atoms with Gasteiger partial charge < -0.3 is 18.9 Å². The van der Waals surface area contributed by atoms with E-state index in [1.807, 2.05) is 32.0 Å². The summed E-state index contributed by atoms with van der Waals surface area (Å²) in [6, 6.07) is 7.70. The summed E-state index contributed by atoms with van der Waals surface area (Å²) >= 11 is 0. The molecule has 2 rings (SSSR count). The molecule has 0 aliphatic rings. The quantitative estimate of drug-likeness (QED) is 0.406. The smallest absolute Gasteiger partial charge is 0.186 e. The first-order valence-corrected chi connectivity index (χ1v) is 10.6. The van der Waals surface area contributed by atoms with Gasteiger partial charge in [-0.3, -0.25) is 4.79 Å². The first-order valence-electron chi connectivity index (χ1n) is 9.65. The van der Waals surface area contributed by atoms with Crippen LogP contribution in [0.4, 0.5) is 0 Å². The molecule has 1 atom stereocenters. The van der Waals surface area contributed by atoms with Gasteiger partial charge in [-0.1, -0.05) is 6.07 Å². The van der Waals surface area contributed by atoms with Crippen molar-refractivity contribution in [1.82, 2.24) is 0 Å². The van der Waals surface area contributed by atoms with E-state index in [1.165, 1.54) is 11.1 Å². The highest BCUT2D eigenvalue weighted by atomic mass is 31.1. The average Bonchev–Trinajstić information content (AvgIpc) is 2.68. The standard InChI is InChI=1S/C23H31O5P/c1-15-13-16(2)22(18(4)17(15)3)23(24)29-21-8-7-19(27-11-9-25-5)14-20(21)28-12-10-26-6/h7-8,13-14,29H,9-12H2,1-6H3. The number of ether oxygens (including phenoxy) is 4. The van der Waals surface area contributed by atoms with Gasteiger partial charge in [-0.15, -0.1) is 0 Å². The molecule has 2 aromatic carbocycles. The first-order chi connectivity index (χ1) is 13.9. The summed E-state index contributed by atoms with van der Waals surface area (Å²) < 4.78 is 21.7. The summed E-state index contributed by atoms with van der Waals surface area (Å²) in [5.74, 6) is 1.34. The number of hydrogen-bond donors (Lipinski definition) is 0. The summed E-state index contributed by atoms with van der Waals surface area (Å²) in [7, 11) is 3.23. The molecule has 0 aliphatic heterocycles. The Bertz CT molecular complexity index is 848. The van der Waals surface area contributed by atoms with Gasteiger partial charge in [0, 0.05) is 31.2 Å². The molecule has 6 heteroatoms. The molecule has 0 spiro atoms. The predicted octanol–water partition coefficient (Wildman–Crippen LogP) is 4.11. The van der Waals surface area contributed by atoms with Gasteiger partial charge in [-0.2, -0.15) is 0 Å². The van der Waals surface area contributed by atoms with E-state index in [1.54, 1.807) is 14.2 Å². The van der Waals surface area contributed by atoms with Crippen LogP contribution < -0.4 is 14.8 Å². The largest absolute Gasteiger partial charge is 0.491 e. The predicted molar refractivity (Wildman–Crippen MR) is 119 cm³/mol. The molecule has 2 aromatic rings. The Morgan fingerprint density at radius 3 is 2.14 bits per heavy atom. The Labute approximate surface area is 175 Å². The second kappa shape index (κ2) is 11.3. The van der Waals surface area contributed by atoms with Gasteiger partial charge in [0.05, 0.1) is 13.2 Å². The molecule has 1 unspecified atom stereocenters. The normalized spacial score (nSPS) is 11.2. The van der Waals surface area contributed by atoms with Crippen molar-refractivity contribution in [2.45, 2.75) is 27.7 Å². The van der Waals surface area contributed by atoms with E-state index in [2.05, 4.69) is 19.9 Å². The van der Waals surface area contributed by atoms with Gasteiger partial charge in [0.25, 0.3) is 0 Å². The second-order valence-electron chi connectivity index (χ2n) is 6.93.